The number of hydrogen-bond donors (Lipinski definition) is 2. The number of carboxylic acids is 2. The molecule has 204 valence electrons. The van der Waals surface area contributed by atoms with Gasteiger partial charge in [0.1, 0.15) is 19.1 Å². The molecule has 0 aromatic rings. The Labute approximate surface area is 207 Å². The van der Waals surface area contributed by atoms with Crippen LogP contribution in [0.25, 0.3) is 10.4 Å². The maximum atomic E-state index is 12.3. The number of azide groups is 1. The van der Waals surface area contributed by atoms with Gasteiger partial charge >= 0.3 is 11.9 Å². The van der Waals surface area contributed by atoms with Gasteiger partial charge in [0.2, 0.25) is 11.8 Å². The summed E-state index contributed by atoms with van der Waals surface area (Å²) in [6, 6.07) is -1.31. The van der Waals surface area contributed by atoms with E-state index in [2.05, 4.69) is 10.0 Å². The van der Waals surface area contributed by atoms with Gasteiger partial charge in [-0.3, -0.25) is 14.4 Å². The van der Waals surface area contributed by atoms with Crippen molar-refractivity contribution in [2.75, 3.05) is 92.2 Å². The SMILES string of the molecule is [N-]=[N+]=NCCOCCOCCOCCOCCOCC(=O)N1CCN(C(=O)CC(=O)O)C(C(=O)O)C1. The largest absolute Gasteiger partial charge is 0.481 e. The minimum Gasteiger partial charge on any atom is -0.481 e. The molecular weight excluding hydrogens is 486 g/mol. The second-order valence-corrected chi connectivity index (χ2v) is 7.31. The van der Waals surface area contributed by atoms with Crippen molar-refractivity contribution in [2.45, 2.75) is 12.5 Å². The topological polar surface area (TPSA) is 210 Å². The highest BCUT2D eigenvalue weighted by Crippen LogP contribution is 2.12. The highest BCUT2D eigenvalue weighted by atomic mass is 16.6. The standard InChI is InChI=1S/C20H33N5O11/c21-23-22-1-4-32-5-6-33-7-8-34-9-10-35-11-12-36-15-18(27)24-2-3-25(16(14-24)20(30)31)17(26)13-19(28)29/h16H,1-15H2,(H,28,29)(H,30,31). The fourth-order valence-corrected chi connectivity index (χ4v) is 3.03. The monoisotopic (exact) mass is 519 g/mol. The first-order valence-corrected chi connectivity index (χ1v) is 11.3. The summed E-state index contributed by atoms with van der Waals surface area (Å²) in [6.45, 7) is 2.77. The Morgan fingerprint density at radius 3 is 1.83 bits per heavy atom. The molecule has 1 aliphatic heterocycles. The molecule has 2 N–H and O–H groups in total. The molecule has 16 nitrogen and oxygen atoms in total. The first kappa shape index (κ1) is 31.0. The van der Waals surface area contributed by atoms with Crippen LogP contribution in [0.4, 0.5) is 0 Å². The predicted octanol–water partition coefficient (Wildman–Crippen LogP) is -1.02. The summed E-state index contributed by atoms with van der Waals surface area (Å²) in [5.41, 5.74) is 8.10. The molecule has 0 saturated carbocycles. The van der Waals surface area contributed by atoms with Crippen LogP contribution in [0.3, 0.4) is 0 Å². The number of ether oxygens (including phenoxy) is 5. The fraction of sp³-hybridized carbons (Fsp3) is 0.800. The fourth-order valence-electron chi connectivity index (χ4n) is 3.03. The van der Waals surface area contributed by atoms with E-state index in [0.29, 0.717) is 46.2 Å². The molecule has 0 aromatic carbocycles. The van der Waals surface area contributed by atoms with Crippen LogP contribution in [-0.4, -0.2) is 142 Å². The molecule has 36 heavy (non-hydrogen) atoms. The number of hydrogen-bond acceptors (Lipinski definition) is 10. The highest BCUT2D eigenvalue weighted by molar-refractivity contribution is 5.95. The summed E-state index contributed by atoms with van der Waals surface area (Å²) < 4.78 is 26.4. The van der Waals surface area contributed by atoms with Crippen LogP contribution in [-0.2, 0) is 42.9 Å². The van der Waals surface area contributed by atoms with E-state index in [-0.39, 0.29) is 46.0 Å². The average molecular weight is 520 g/mol. The van der Waals surface area contributed by atoms with Crippen molar-refractivity contribution in [3.63, 3.8) is 0 Å². The summed E-state index contributed by atoms with van der Waals surface area (Å²) in [5.74, 6) is -3.91. The molecule has 0 bridgehead atoms. The van der Waals surface area contributed by atoms with Crippen LogP contribution >= 0.6 is 0 Å². The van der Waals surface area contributed by atoms with Crippen LogP contribution in [0, 0.1) is 0 Å². The Hall–Kier alpha value is -3.01. The van der Waals surface area contributed by atoms with Gasteiger partial charge in [-0.05, 0) is 5.53 Å². The molecule has 1 fully saturated rings. The lowest BCUT2D eigenvalue weighted by atomic mass is 10.1. The van der Waals surface area contributed by atoms with Crippen LogP contribution in [0.2, 0.25) is 0 Å². The first-order valence-electron chi connectivity index (χ1n) is 11.3. The Morgan fingerprint density at radius 2 is 1.33 bits per heavy atom. The molecule has 0 spiro atoms. The van der Waals surface area contributed by atoms with Crippen molar-refractivity contribution in [1.82, 2.24) is 9.80 Å². The molecule has 1 aliphatic rings. The number of carbonyl (C=O) groups is 4. The molecule has 0 aliphatic carbocycles. The number of amides is 2. The third-order valence-electron chi connectivity index (χ3n) is 4.75. The van der Waals surface area contributed by atoms with E-state index < -0.39 is 36.2 Å². The molecule has 1 rings (SSSR count). The van der Waals surface area contributed by atoms with E-state index in [9.17, 15) is 24.3 Å². The number of rotatable bonds is 20. The summed E-state index contributed by atoms with van der Waals surface area (Å²) in [5, 5.41) is 21.4. The summed E-state index contributed by atoms with van der Waals surface area (Å²) >= 11 is 0. The lowest BCUT2D eigenvalue weighted by Gasteiger charge is -2.39. The summed E-state index contributed by atoms with van der Waals surface area (Å²) in [6.07, 6.45) is -0.808. The van der Waals surface area contributed by atoms with Crippen LogP contribution in [0.15, 0.2) is 5.11 Å². The highest BCUT2D eigenvalue weighted by Gasteiger charge is 2.37. The summed E-state index contributed by atoms with van der Waals surface area (Å²) in [4.78, 5) is 51.3. The van der Waals surface area contributed by atoms with Gasteiger partial charge in [-0.25, -0.2) is 4.79 Å². The van der Waals surface area contributed by atoms with Crippen LogP contribution in [0.1, 0.15) is 6.42 Å². The first-order chi connectivity index (χ1) is 17.4. The lowest BCUT2D eigenvalue weighted by Crippen LogP contribution is -2.60. The van der Waals surface area contributed by atoms with Gasteiger partial charge in [-0.1, -0.05) is 5.11 Å². The predicted molar refractivity (Wildman–Crippen MR) is 120 cm³/mol. The van der Waals surface area contributed by atoms with Gasteiger partial charge in [-0.2, -0.15) is 0 Å². The quantitative estimate of drug-likeness (QED) is 0.0653. The number of nitrogens with zero attached hydrogens (tertiary/aromatic N) is 5. The van der Waals surface area contributed by atoms with E-state index in [0.717, 1.165) is 4.90 Å². The third-order valence-corrected chi connectivity index (χ3v) is 4.75. The zero-order valence-corrected chi connectivity index (χ0v) is 20.0. The van der Waals surface area contributed by atoms with E-state index in [1.54, 1.807) is 0 Å². The van der Waals surface area contributed by atoms with Crippen LogP contribution < -0.4 is 0 Å². The van der Waals surface area contributed by atoms with Gasteiger partial charge in [0.05, 0.1) is 66.0 Å². The van der Waals surface area contributed by atoms with E-state index >= 15 is 0 Å². The van der Waals surface area contributed by atoms with Crippen molar-refractivity contribution < 1.29 is 53.1 Å². The van der Waals surface area contributed by atoms with Gasteiger partial charge in [0.25, 0.3) is 0 Å². The van der Waals surface area contributed by atoms with Crippen molar-refractivity contribution >= 4 is 23.8 Å². The maximum Gasteiger partial charge on any atom is 0.328 e. The molecular formula is C20H33N5O11. The normalized spacial score (nSPS) is 15.4. The molecule has 1 saturated heterocycles. The van der Waals surface area contributed by atoms with Crippen molar-refractivity contribution in [3.05, 3.63) is 10.4 Å². The molecule has 16 heteroatoms. The molecule has 1 heterocycles. The number of piperazine rings is 1. The summed E-state index contributed by atoms with van der Waals surface area (Å²) in [7, 11) is 0. The Morgan fingerprint density at radius 1 is 0.806 bits per heavy atom. The van der Waals surface area contributed by atoms with Crippen molar-refractivity contribution in [3.8, 4) is 0 Å². The average Bonchev–Trinajstić information content (AvgIpc) is 2.84. The Bertz CT molecular complexity index is 748. The Kier molecular flexibility index (Phi) is 16.6. The molecule has 1 atom stereocenters. The van der Waals surface area contributed by atoms with E-state index in [4.69, 9.17) is 34.3 Å². The molecule has 2 amide bonds. The lowest BCUT2D eigenvalue weighted by molar-refractivity contribution is -0.159. The van der Waals surface area contributed by atoms with Gasteiger partial charge in [0.15, 0.2) is 0 Å². The van der Waals surface area contributed by atoms with Gasteiger partial charge in [-0.15, -0.1) is 0 Å². The molecule has 0 aromatic heterocycles. The van der Waals surface area contributed by atoms with Crippen molar-refractivity contribution in [1.29, 1.82) is 0 Å². The van der Waals surface area contributed by atoms with Gasteiger partial charge < -0.3 is 43.7 Å². The molecule has 0 radical (unpaired) electrons. The number of aliphatic carboxylic acids is 2. The minimum atomic E-state index is -1.35. The minimum absolute atomic E-state index is 0.0738. The second kappa shape index (κ2) is 19.2. The van der Waals surface area contributed by atoms with E-state index in [1.165, 1.54) is 4.90 Å². The van der Waals surface area contributed by atoms with Gasteiger partial charge in [0, 0.05) is 24.5 Å². The smallest absolute Gasteiger partial charge is 0.328 e. The number of carboxylic acid groups (broad SMARTS) is 2. The third kappa shape index (κ3) is 13.8. The zero-order chi connectivity index (χ0) is 26.6. The second-order valence-electron chi connectivity index (χ2n) is 7.31. The Balaban J connectivity index is 2.04. The van der Waals surface area contributed by atoms with E-state index in [1.807, 2.05) is 0 Å². The van der Waals surface area contributed by atoms with Crippen molar-refractivity contribution in [2.24, 2.45) is 5.11 Å². The number of carbonyl (C=O) groups excluding carboxylic acids is 2. The van der Waals surface area contributed by atoms with Crippen LogP contribution in [0.5, 0.6) is 0 Å². The molecule has 1 unspecified atom stereocenters. The maximum absolute atomic E-state index is 12.3. The zero-order valence-electron chi connectivity index (χ0n) is 20.0.